The molecule has 0 bridgehead atoms. The molecule has 4 heterocycles. The molecule has 5 aromatic rings. The van der Waals surface area contributed by atoms with Gasteiger partial charge in [-0.05, 0) is 70.7 Å². The molecule has 0 radical (unpaired) electrons. The minimum atomic E-state index is -1.59. The summed E-state index contributed by atoms with van der Waals surface area (Å²) in [7, 11) is -1.59. The molecule has 2 aromatic heterocycles. The summed E-state index contributed by atoms with van der Waals surface area (Å²) in [5.74, 6) is 1.11. The van der Waals surface area contributed by atoms with E-state index in [2.05, 4.69) is 166 Å². The number of rotatable bonds is 5. The van der Waals surface area contributed by atoms with Crippen LogP contribution >= 0.6 is 0 Å². The lowest BCUT2D eigenvalue weighted by Gasteiger charge is -2.35. The zero-order valence-corrected chi connectivity index (χ0v) is 30.1. The fraction of sp³-hybridized carbons (Fsp3) is 0.318. The van der Waals surface area contributed by atoms with E-state index in [9.17, 15) is 0 Å². The van der Waals surface area contributed by atoms with Crippen LogP contribution in [0.4, 0.5) is 0 Å². The number of hydrogen-bond donors (Lipinski definition) is 0. The first-order valence-electron chi connectivity index (χ1n) is 17.7. The van der Waals surface area contributed by atoms with E-state index < -0.39 is 8.07 Å². The Morgan fingerprint density at radius 2 is 1.62 bits per heavy atom. The molecular formula is C44H50N2Si+2. The van der Waals surface area contributed by atoms with Gasteiger partial charge in [-0.2, -0.15) is 9.13 Å². The molecule has 0 saturated carbocycles. The number of fused-ring (bicyclic) bond motifs is 9. The van der Waals surface area contributed by atoms with Crippen molar-refractivity contribution in [2.75, 3.05) is 0 Å². The Kier molecular flexibility index (Phi) is 8.38. The average molecular weight is 635 g/mol. The molecule has 238 valence electrons. The van der Waals surface area contributed by atoms with Gasteiger partial charge >= 0.3 is 0 Å². The maximum atomic E-state index is 4.54. The molecule has 2 aliphatic rings. The molecule has 0 fully saturated rings. The highest BCUT2D eigenvalue weighted by atomic mass is 28.3. The van der Waals surface area contributed by atoms with Crippen LogP contribution in [-0.2, 0) is 19.4 Å². The molecule has 0 spiro atoms. The van der Waals surface area contributed by atoms with Gasteiger partial charge in [0.25, 0.3) is 0 Å². The Morgan fingerprint density at radius 3 is 2.34 bits per heavy atom. The summed E-state index contributed by atoms with van der Waals surface area (Å²) in [5, 5.41) is 1.59. The number of pyridine rings is 2. The summed E-state index contributed by atoms with van der Waals surface area (Å²) in [5.41, 5.74) is 13.8. The Hall–Kier alpha value is -4.08. The predicted molar refractivity (Wildman–Crippen MR) is 200 cm³/mol. The molecule has 3 atom stereocenters. The molecule has 3 unspecified atom stereocenters. The maximum absolute atomic E-state index is 4.54. The van der Waals surface area contributed by atoms with Crippen molar-refractivity contribution in [3.8, 4) is 33.6 Å². The normalized spacial score (nSPS) is 18.7. The summed E-state index contributed by atoms with van der Waals surface area (Å²) < 4.78 is 5.24. The van der Waals surface area contributed by atoms with Gasteiger partial charge in [0.15, 0.2) is 25.0 Å². The fourth-order valence-corrected chi connectivity index (χ4v) is 10.0. The van der Waals surface area contributed by atoms with Crippen molar-refractivity contribution in [3.63, 3.8) is 0 Å². The smallest absolute Gasteiger partial charge is 0.197 e. The molecule has 47 heavy (non-hydrogen) atoms. The van der Waals surface area contributed by atoms with Crippen molar-refractivity contribution in [2.24, 2.45) is 5.92 Å². The van der Waals surface area contributed by atoms with E-state index in [4.69, 9.17) is 0 Å². The highest BCUT2D eigenvalue weighted by Crippen LogP contribution is 2.45. The lowest BCUT2D eigenvalue weighted by Crippen LogP contribution is -2.57. The first kappa shape index (κ1) is 31.5. The second kappa shape index (κ2) is 12.5. The summed E-state index contributed by atoms with van der Waals surface area (Å²) in [6.07, 6.45) is 10.4. The Labute approximate surface area is 283 Å². The fourth-order valence-electron chi connectivity index (χ4n) is 8.30. The number of hydrogen-bond acceptors (Lipinski definition) is 0. The molecule has 7 rings (SSSR count). The minimum absolute atomic E-state index is 0.250. The Morgan fingerprint density at radius 1 is 0.851 bits per heavy atom. The van der Waals surface area contributed by atoms with Gasteiger partial charge in [-0.15, -0.1) is 6.58 Å². The van der Waals surface area contributed by atoms with Crippen LogP contribution in [0, 0.1) is 5.92 Å². The predicted octanol–water partition coefficient (Wildman–Crippen LogP) is 9.58. The monoisotopic (exact) mass is 634 g/mol. The molecule has 0 N–H and O–H groups in total. The van der Waals surface area contributed by atoms with Crippen molar-refractivity contribution in [3.05, 3.63) is 138 Å². The van der Waals surface area contributed by atoms with Crippen LogP contribution < -0.4 is 14.3 Å². The van der Waals surface area contributed by atoms with Crippen molar-refractivity contribution in [2.45, 2.75) is 84.1 Å². The van der Waals surface area contributed by atoms with Crippen LogP contribution in [0.25, 0.3) is 33.6 Å². The molecular weight excluding hydrogens is 585 g/mol. The highest BCUT2D eigenvalue weighted by Gasteiger charge is 2.46. The summed E-state index contributed by atoms with van der Waals surface area (Å²) in [6.45, 7) is 19.9. The molecule has 2 aliphatic heterocycles. The highest BCUT2D eigenvalue weighted by molar-refractivity contribution is 6.89. The molecule has 0 aliphatic carbocycles. The quantitative estimate of drug-likeness (QED) is 0.103. The van der Waals surface area contributed by atoms with Gasteiger partial charge in [-0.3, -0.25) is 0 Å². The molecule has 3 aromatic carbocycles. The minimum Gasteiger partial charge on any atom is -0.197 e. The standard InChI is InChI=1S/C44H50N2Si/c1-8-31-26-42-38-18-14-13-17-37(38)39-22-21-34-19-20-35(30(3)4)25-40(34)41-27-36(33-15-11-10-12-16-33)23-24-45(41)28-32(9-2)44(39)46(42)29-43(31)47(5,6)7/h9-20,23-27,29-30,32,39,44H,2,8,21-22,28H2,1,3-7H3/q+2. The van der Waals surface area contributed by atoms with E-state index in [1.165, 1.54) is 55.9 Å². The van der Waals surface area contributed by atoms with Crippen LogP contribution in [0.15, 0.2) is 116 Å². The first-order chi connectivity index (χ1) is 22.7. The maximum Gasteiger partial charge on any atom is 0.213 e. The summed E-state index contributed by atoms with van der Waals surface area (Å²) in [6, 6.07) is 34.9. The Bertz CT molecular complexity index is 1950. The third kappa shape index (κ3) is 5.73. The SMILES string of the molecule is C=CC1C[n+]2ccc(-c3ccccc3)cc2-c2cc(C(C)C)ccc2CCC2c3ccccc3-c3cc(CC)c([Si](C)(C)C)c[n+]3C12. The summed E-state index contributed by atoms with van der Waals surface area (Å²) in [4.78, 5) is 0. The second-order valence-electron chi connectivity index (χ2n) is 15.1. The zero-order valence-electron chi connectivity index (χ0n) is 29.1. The van der Waals surface area contributed by atoms with Crippen LogP contribution in [0.3, 0.4) is 0 Å². The van der Waals surface area contributed by atoms with Gasteiger partial charge in [0.1, 0.15) is 0 Å². The van der Waals surface area contributed by atoms with E-state index in [1.54, 1.807) is 5.19 Å². The van der Waals surface area contributed by atoms with E-state index in [0.29, 0.717) is 11.8 Å². The largest absolute Gasteiger partial charge is 0.213 e. The van der Waals surface area contributed by atoms with Gasteiger partial charge in [0, 0.05) is 40.4 Å². The topological polar surface area (TPSA) is 7.76 Å². The van der Waals surface area contributed by atoms with Crippen LogP contribution in [-0.4, -0.2) is 8.07 Å². The molecule has 3 heteroatoms. The van der Waals surface area contributed by atoms with E-state index in [1.807, 2.05) is 0 Å². The van der Waals surface area contributed by atoms with Gasteiger partial charge in [-0.1, -0.05) is 107 Å². The van der Waals surface area contributed by atoms with Crippen molar-refractivity contribution < 1.29 is 9.13 Å². The van der Waals surface area contributed by atoms with Crippen LogP contribution in [0.1, 0.15) is 67.3 Å². The first-order valence-corrected chi connectivity index (χ1v) is 21.2. The van der Waals surface area contributed by atoms with Crippen LogP contribution in [0.5, 0.6) is 0 Å². The van der Waals surface area contributed by atoms with E-state index >= 15 is 0 Å². The number of nitrogens with zero attached hydrogens (tertiary/aromatic N) is 2. The molecule has 0 amide bonds. The van der Waals surface area contributed by atoms with E-state index in [-0.39, 0.29) is 12.0 Å². The van der Waals surface area contributed by atoms with Crippen LogP contribution in [0.2, 0.25) is 19.6 Å². The average Bonchev–Trinajstić information content (AvgIpc) is 3.09. The van der Waals surface area contributed by atoms with Gasteiger partial charge in [0.05, 0.1) is 14.0 Å². The molecule has 2 nitrogen and oxygen atoms in total. The third-order valence-corrected chi connectivity index (χ3v) is 12.9. The van der Waals surface area contributed by atoms with Crippen molar-refractivity contribution in [1.29, 1.82) is 0 Å². The zero-order chi connectivity index (χ0) is 32.9. The second-order valence-corrected chi connectivity index (χ2v) is 20.2. The number of allylic oxidation sites excluding steroid dienone is 1. The lowest BCUT2D eigenvalue weighted by atomic mass is 9.74. The van der Waals surface area contributed by atoms with Crippen molar-refractivity contribution >= 4 is 13.3 Å². The van der Waals surface area contributed by atoms with Crippen molar-refractivity contribution in [1.82, 2.24) is 0 Å². The number of aromatic nitrogens is 2. The molecule has 0 saturated heterocycles. The van der Waals surface area contributed by atoms with E-state index in [0.717, 1.165) is 25.8 Å². The van der Waals surface area contributed by atoms with Gasteiger partial charge in [-0.25, -0.2) is 0 Å². The lowest BCUT2D eigenvalue weighted by molar-refractivity contribution is -0.746. The third-order valence-electron chi connectivity index (χ3n) is 10.9. The number of benzene rings is 3. The number of aryl methyl sites for hydroxylation is 2. The van der Waals surface area contributed by atoms with Gasteiger partial charge in [0.2, 0.25) is 11.4 Å². The Balaban J connectivity index is 1.47. The van der Waals surface area contributed by atoms with Gasteiger partial charge < -0.3 is 0 Å². The summed E-state index contributed by atoms with van der Waals surface area (Å²) >= 11 is 0.